The van der Waals surface area contributed by atoms with Gasteiger partial charge in [-0.05, 0) is 19.1 Å². The van der Waals surface area contributed by atoms with E-state index in [1.165, 1.54) is 9.13 Å². The monoisotopic (exact) mass is 245 g/mol. The molecule has 0 radical (unpaired) electrons. The number of Topliss-reactive ketones (excluding diaryl/α,β-unsaturated/α-hetero) is 1. The standard InChI is InChI=1S/C13H15N3O2/c1-9-8-15(2)13(18)16(9)11-6-4-3-5-10(11)12(17)7-14/h3-6,8H,7,14H2,1-2H3. The lowest BCUT2D eigenvalue weighted by molar-refractivity contribution is 0.100. The van der Waals surface area contributed by atoms with Crippen LogP contribution in [0, 0.1) is 6.92 Å². The van der Waals surface area contributed by atoms with Crippen molar-refractivity contribution in [3.63, 3.8) is 0 Å². The van der Waals surface area contributed by atoms with Gasteiger partial charge in [0.05, 0.1) is 12.2 Å². The maximum Gasteiger partial charge on any atom is 0.332 e. The number of hydrogen-bond acceptors (Lipinski definition) is 3. The molecule has 0 unspecified atom stereocenters. The molecule has 18 heavy (non-hydrogen) atoms. The third kappa shape index (κ3) is 1.89. The molecule has 0 atom stereocenters. The molecule has 0 amide bonds. The second-order valence-corrected chi connectivity index (χ2v) is 4.14. The number of carbonyl (C=O) groups excluding carboxylic acids is 1. The van der Waals surface area contributed by atoms with Gasteiger partial charge < -0.3 is 10.3 Å². The van der Waals surface area contributed by atoms with Gasteiger partial charge in [0.25, 0.3) is 0 Å². The summed E-state index contributed by atoms with van der Waals surface area (Å²) in [4.78, 5) is 23.8. The Hall–Kier alpha value is -2.14. The molecule has 1 aromatic heterocycles. The highest BCUT2D eigenvalue weighted by Crippen LogP contribution is 2.15. The molecule has 0 bridgehead atoms. The highest BCUT2D eigenvalue weighted by Gasteiger charge is 2.14. The zero-order chi connectivity index (χ0) is 13.3. The number of hydrogen-bond donors (Lipinski definition) is 1. The number of aryl methyl sites for hydroxylation is 2. The molecule has 2 rings (SSSR count). The van der Waals surface area contributed by atoms with Crippen molar-refractivity contribution in [3.05, 3.63) is 52.2 Å². The first-order valence-electron chi connectivity index (χ1n) is 5.64. The Balaban J connectivity index is 2.72. The minimum Gasteiger partial charge on any atom is -0.324 e. The van der Waals surface area contributed by atoms with Crippen molar-refractivity contribution in [1.82, 2.24) is 9.13 Å². The van der Waals surface area contributed by atoms with E-state index >= 15 is 0 Å². The van der Waals surface area contributed by atoms with E-state index in [-0.39, 0.29) is 18.0 Å². The predicted molar refractivity (Wildman–Crippen MR) is 69.1 cm³/mol. The van der Waals surface area contributed by atoms with Gasteiger partial charge in [0.1, 0.15) is 0 Å². The maximum absolute atomic E-state index is 12.0. The van der Waals surface area contributed by atoms with Crippen molar-refractivity contribution in [1.29, 1.82) is 0 Å². The van der Waals surface area contributed by atoms with Crippen LogP contribution >= 0.6 is 0 Å². The number of nitrogens with zero attached hydrogens (tertiary/aromatic N) is 2. The minimum absolute atomic E-state index is 0.0718. The first-order chi connectivity index (χ1) is 8.56. The van der Waals surface area contributed by atoms with Crippen LogP contribution in [0.25, 0.3) is 5.69 Å². The van der Waals surface area contributed by atoms with E-state index in [2.05, 4.69) is 0 Å². The van der Waals surface area contributed by atoms with Crippen molar-refractivity contribution in [2.45, 2.75) is 6.92 Å². The third-order valence-electron chi connectivity index (χ3n) is 2.86. The van der Waals surface area contributed by atoms with Crippen LogP contribution in [-0.4, -0.2) is 21.5 Å². The fourth-order valence-corrected chi connectivity index (χ4v) is 2.01. The molecule has 1 heterocycles. The van der Waals surface area contributed by atoms with Gasteiger partial charge in [-0.3, -0.25) is 9.36 Å². The SMILES string of the molecule is Cc1cn(C)c(=O)n1-c1ccccc1C(=O)CN. The van der Waals surface area contributed by atoms with Crippen LogP contribution in [0.15, 0.2) is 35.3 Å². The summed E-state index contributed by atoms with van der Waals surface area (Å²) in [6.07, 6.45) is 1.73. The summed E-state index contributed by atoms with van der Waals surface area (Å²) in [5.41, 5.74) is 7.04. The predicted octanol–water partition coefficient (Wildman–Crippen LogP) is 0.626. The maximum atomic E-state index is 12.0. The summed E-state index contributed by atoms with van der Waals surface area (Å²) < 4.78 is 3.00. The molecule has 2 N–H and O–H groups in total. The van der Waals surface area contributed by atoms with Crippen molar-refractivity contribution >= 4 is 5.78 Å². The van der Waals surface area contributed by atoms with Crippen molar-refractivity contribution < 1.29 is 4.79 Å². The molecule has 0 saturated carbocycles. The summed E-state index contributed by atoms with van der Waals surface area (Å²) in [6.45, 7) is 1.75. The molecule has 0 saturated heterocycles. The Morgan fingerprint density at radius 3 is 2.56 bits per heavy atom. The molecule has 2 aromatic rings. The lowest BCUT2D eigenvalue weighted by Crippen LogP contribution is -2.24. The van der Waals surface area contributed by atoms with E-state index in [4.69, 9.17) is 5.73 Å². The summed E-state index contributed by atoms with van der Waals surface area (Å²) in [7, 11) is 1.68. The highest BCUT2D eigenvalue weighted by atomic mass is 16.2. The van der Waals surface area contributed by atoms with Gasteiger partial charge in [-0.1, -0.05) is 12.1 Å². The van der Waals surface area contributed by atoms with Gasteiger partial charge in [0.15, 0.2) is 5.78 Å². The number of nitrogens with two attached hydrogens (primary N) is 1. The Morgan fingerprint density at radius 1 is 1.33 bits per heavy atom. The second-order valence-electron chi connectivity index (χ2n) is 4.14. The van der Waals surface area contributed by atoms with Crippen molar-refractivity contribution in [3.8, 4) is 5.69 Å². The van der Waals surface area contributed by atoms with Gasteiger partial charge in [0, 0.05) is 24.5 Å². The van der Waals surface area contributed by atoms with Gasteiger partial charge in [-0.2, -0.15) is 0 Å². The normalized spacial score (nSPS) is 10.6. The molecule has 0 aliphatic rings. The fraction of sp³-hybridized carbons (Fsp3) is 0.231. The lowest BCUT2D eigenvalue weighted by atomic mass is 10.1. The summed E-state index contributed by atoms with van der Waals surface area (Å²) in [5.74, 6) is -0.180. The smallest absolute Gasteiger partial charge is 0.324 e. The first kappa shape index (κ1) is 12.3. The molecule has 0 fully saturated rings. The number of rotatable bonds is 3. The molecular weight excluding hydrogens is 230 g/mol. The van der Waals surface area contributed by atoms with Crippen LogP contribution < -0.4 is 11.4 Å². The van der Waals surface area contributed by atoms with Crippen LogP contribution in [0.1, 0.15) is 16.1 Å². The molecule has 5 heteroatoms. The number of carbonyl (C=O) groups is 1. The first-order valence-corrected chi connectivity index (χ1v) is 5.64. The summed E-state index contributed by atoms with van der Waals surface area (Å²) in [5, 5.41) is 0. The Labute approximate surface area is 104 Å². The Bertz CT molecular complexity index is 652. The molecule has 1 aromatic carbocycles. The van der Waals surface area contributed by atoms with E-state index in [0.29, 0.717) is 11.3 Å². The van der Waals surface area contributed by atoms with Gasteiger partial charge in [-0.25, -0.2) is 4.79 Å². The zero-order valence-electron chi connectivity index (χ0n) is 10.4. The quantitative estimate of drug-likeness (QED) is 0.806. The number of aromatic nitrogens is 2. The van der Waals surface area contributed by atoms with Crippen LogP contribution in [-0.2, 0) is 7.05 Å². The second kappa shape index (κ2) is 4.62. The fourth-order valence-electron chi connectivity index (χ4n) is 2.01. The average molecular weight is 245 g/mol. The summed E-state index contributed by atoms with van der Waals surface area (Å²) in [6, 6.07) is 6.98. The van der Waals surface area contributed by atoms with Crippen LogP contribution in [0.2, 0.25) is 0 Å². The number of imidazole rings is 1. The van der Waals surface area contributed by atoms with E-state index in [1.54, 1.807) is 37.5 Å². The molecule has 0 spiro atoms. The zero-order valence-corrected chi connectivity index (χ0v) is 10.4. The van der Waals surface area contributed by atoms with E-state index in [9.17, 15) is 9.59 Å². The third-order valence-corrected chi connectivity index (χ3v) is 2.86. The van der Waals surface area contributed by atoms with Gasteiger partial charge in [0.2, 0.25) is 0 Å². The number of benzene rings is 1. The van der Waals surface area contributed by atoms with Crippen LogP contribution in [0.4, 0.5) is 0 Å². The molecule has 5 nitrogen and oxygen atoms in total. The lowest BCUT2D eigenvalue weighted by Gasteiger charge is -2.09. The molecule has 0 aliphatic carbocycles. The highest BCUT2D eigenvalue weighted by molar-refractivity contribution is 6.00. The number of ketones is 1. The topological polar surface area (TPSA) is 70.0 Å². The van der Waals surface area contributed by atoms with Crippen molar-refractivity contribution in [2.24, 2.45) is 12.8 Å². The average Bonchev–Trinajstić information content (AvgIpc) is 2.62. The van der Waals surface area contributed by atoms with Crippen LogP contribution in [0.3, 0.4) is 0 Å². The Morgan fingerprint density at radius 2 is 2.00 bits per heavy atom. The van der Waals surface area contributed by atoms with E-state index < -0.39 is 0 Å². The van der Waals surface area contributed by atoms with Gasteiger partial charge in [-0.15, -0.1) is 0 Å². The van der Waals surface area contributed by atoms with E-state index in [1.807, 2.05) is 6.92 Å². The van der Waals surface area contributed by atoms with E-state index in [0.717, 1.165) is 5.69 Å². The molecule has 0 aliphatic heterocycles. The Kier molecular flexibility index (Phi) is 3.16. The summed E-state index contributed by atoms with van der Waals surface area (Å²) >= 11 is 0. The molecule has 94 valence electrons. The minimum atomic E-state index is -0.180. The number of para-hydroxylation sites is 1. The van der Waals surface area contributed by atoms with Gasteiger partial charge >= 0.3 is 5.69 Å². The largest absolute Gasteiger partial charge is 0.332 e. The molecular formula is C13H15N3O2. The van der Waals surface area contributed by atoms with Crippen molar-refractivity contribution in [2.75, 3.05) is 6.54 Å². The van der Waals surface area contributed by atoms with Crippen LogP contribution in [0.5, 0.6) is 0 Å².